The zero-order chi connectivity index (χ0) is 35.9. The van der Waals surface area contributed by atoms with E-state index in [-0.39, 0.29) is 11.3 Å². The molecule has 0 bridgehead atoms. The van der Waals surface area contributed by atoms with Crippen molar-refractivity contribution in [2.75, 3.05) is 13.7 Å². The number of benzene rings is 1. The standard InChI is InChI=1S/C32H39NO15/c1-15(2)30(39)33-27-24(43-18(5)35)13-32(31(40)41-8,47-21-9-10-22-16(3)11-26(38)46-23(22)12-21)48-29(27)28(45-20(7)37)25(44-19(6)36)14-42-17(4)34/h9-12,15,24-25,27-29H,13-14H2,1-8H3,(H,33,39)/t24-,25+,27+,28-,29+,32+/m0/s1. The molecule has 1 aromatic carbocycles. The highest BCUT2D eigenvalue weighted by molar-refractivity contribution is 5.83. The van der Waals surface area contributed by atoms with Gasteiger partial charge < -0.3 is 42.9 Å². The van der Waals surface area contributed by atoms with Crippen molar-refractivity contribution in [2.45, 2.75) is 91.1 Å². The van der Waals surface area contributed by atoms with Crippen LogP contribution in [0.1, 0.15) is 53.5 Å². The van der Waals surface area contributed by atoms with Crippen LogP contribution >= 0.6 is 0 Å². The lowest BCUT2D eigenvalue weighted by Crippen LogP contribution is -2.70. The topological polar surface area (TPSA) is 209 Å². The molecule has 0 saturated carbocycles. The van der Waals surface area contributed by atoms with Crippen molar-refractivity contribution in [1.29, 1.82) is 0 Å². The van der Waals surface area contributed by atoms with E-state index in [0.717, 1.165) is 34.8 Å². The molecule has 1 aliphatic rings. The Labute approximate surface area is 275 Å². The minimum Gasteiger partial charge on any atom is -0.464 e. The van der Waals surface area contributed by atoms with E-state index < -0.39 is 96.6 Å². The van der Waals surface area contributed by atoms with Gasteiger partial charge in [0, 0.05) is 51.1 Å². The Morgan fingerprint density at radius 1 is 0.958 bits per heavy atom. The number of carbonyl (C=O) groups excluding carboxylic acids is 6. The van der Waals surface area contributed by atoms with Gasteiger partial charge in [-0.3, -0.25) is 24.0 Å². The van der Waals surface area contributed by atoms with E-state index in [1.54, 1.807) is 26.8 Å². The molecule has 1 fully saturated rings. The Morgan fingerprint density at radius 2 is 1.62 bits per heavy atom. The zero-order valence-corrected chi connectivity index (χ0v) is 27.8. The molecular weight excluding hydrogens is 638 g/mol. The molecule has 0 radical (unpaired) electrons. The van der Waals surface area contributed by atoms with Gasteiger partial charge in [0.1, 0.15) is 30.1 Å². The Hall–Kier alpha value is -4.99. The first-order valence-electron chi connectivity index (χ1n) is 14.9. The van der Waals surface area contributed by atoms with Gasteiger partial charge in [0.15, 0.2) is 12.2 Å². The van der Waals surface area contributed by atoms with Crippen LogP contribution in [0, 0.1) is 12.8 Å². The summed E-state index contributed by atoms with van der Waals surface area (Å²) in [6.45, 7) is 8.49. The largest absolute Gasteiger partial charge is 0.464 e. The van der Waals surface area contributed by atoms with E-state index >= 15 is 0 Å². The van der Waals surface area contributed by atoms with Crippen LogP contribution in [0.3, 0.4) is 0 Å². The molecule has 6 atom stereocenters. The van der Waals surface area contributed by atoms with Gasteiger partial charge in [0.2, 0.25) is 5.91 Å². The first kappa shape index (κ1) is 37.5. The van der Waals surface area contributed by atoms with E-state index in [1.165, 1.54) is 18.2 Å². The van der Waals surface area contributed by atoms with Crippen LogP contribution in [0.4, 0.5) is 0 Å². The summed E-state index contributed by atoms with van der Waals surface area (Å²) in [6, 6.07) is 4.28. The molecule has 3 rings (SSSR count). The second kappa shape index (κ2) is 15.7. The summed E-state index contributed by atoms with van der Waals surface area (Å²) < 4.78 is 44.5. The lowest BCUT2D eigenvalue weighted by atomic mass is 9.87. The lowest BCUT2D eigenvalue weighted by Gasteiger charge is -2.48. The van der Waals surface area contributed by atoms with E-state index in [2.05, 4.69) is 5.32 Å². The van der Waals surface area contributed by atoms with Gasteiger partial charge in [-0.2, -0.15) is 0 Å². The average molecular weight is 678 g/mol. The van der Waals surface area contributed by atoms with Crippen molar-refractivity contribution >= 4 is 46.7 Å². The summed E-state index contributed by atoms with van der Waals surface area (Å²) in [5.41, 5.74) is 0.0789. The lowest BCUT2D eigenvalue weighted by molar-refractivity contribution is -0.289. The van der Waals surface area contributed by atoms with Gasteiger partial charge in [0.05, 0.1) is 19.6 Å². The monoisotopic (exact) mass is 677 g/mol. The quantitative estimate of drug-likeness (QED) is 0.192. The molecule has 1 saturated heterocycles. The second-order valence-corrected chi connectivity index (χ2v) is 11.4. The first-order valence-corrected chi connectivity index (χ1v) is 14.9. The molecule has 0 aliphatic carbocycles. The molecule has 0 unspecified atom stereocenters. The maximum Gasteiger partial charge on any atom is 0.379 e. The van der Waals surface area contributed by atoms with Crippen LogP contribution in [0.2, 0.25) is 0 Å². The molecular formula is C32H39NO15. The number of nitrogens with one attached hydrogen (secondary N) is 1. The van der Waals surface area contributed by atoms with Gasteiger partial charge in [-0.25, -0.2) is 9.59 Å². The molecule has 1 aromatic heterocycles. The molecule has 0 spiro atoms. The summed E-state index contributed by atoms with van der Waals surface area (Å²) >= 11 is 0. The number of ether oxygens (including phenoxy) is 7. The zero-order valence-electron chi connectivity index (χ0n) is 27.8. The summed E-state index contributed by atoms with van der Waals surface area (Å²) in [4.78, 5) is 87.7. The average Bonchev–Trinajstić information content (AvgIpc) is 2.97. The molecule has 1 aliphatic heterocycles. The third kappa shape index (κ3) is 9.30. The number of amides is 1. The van der Waals surface area contributed by atoms with Crippen molar-refractivity contribution in [1.82, 2.24) is 5.32 Å². The number of rotatable bonds is 12. The molecule has 1 N–H and O–H groups in total. The number of aryl methyl sites for hydroxylation is 1. The van der Waals surface area contributed by atoms with Gasteiger partial charge in [-0.15, -0.1) is 0 Å². The van der Waals surface area contributed by atoms with Gasteiger partial charge >= 0.3 is 41.3 Å². The Morgan fingerprint density at radius 3 is 2.19 bits per heavy atom. The fourth-order valence-electron chi connectivity index (χ4n) is 5.16. The summed E-state index contributed by atoms with van der Waals surface area (Å²) in [5.74, 6) is -8.25. The van der Waals surface area contributed by atoms with Crippen molar-refractivity contribution in [3.63, 3.8) is 0 Å². The van der Waals surface area contributed by atoms with E-state index in [1.807, 2.05) is 0 Å². The van der Waals surface area contributed by atoms with E-state index in [4.69, 9.17) is 37.6 Å². The molecule has 262 valence electrons. The highest BCUT2D eigenvalue weighted by atomic mass is 16.7. The van der Waals surface area contributed by atoms with Crippen LogP contribution < -0.4 is 15.7 Å². The number of esters is 5. The molecule has 2 aromatic rings. The molecule has 1 amide bonds. The fourth-order valence-corrected chi connectivity index (χ4v) is 5.16. The smallest absolute Gasteiger partial charge is 0.379 e. The summed E-state index contributed by atoms with van der Waals surface area (Å²) in [7, 11) is 1.04. The normalized spacial score (nSPS) is 21.7. The van der Waals surface area contributed by atoms with Crippen LogP contribution in [-0.4, -0.2) is 85.7 Å². The highest BCUT2D eigenvalue weighted by Gasteiger charge is 2.60. The van der Waals surface area contributed by atoms with Crippen LogP contribution in [0.5, 0.6) is 5.75 Å². The molecule has 48 heavy (non-hydrogen) atoms. The maximum atomic E-state index is 13.7. The van der Waals surface area contributed by atoms with Gasteiger partial charge in [-0.1, -0.05) is 13.8 Å². The second-order valence-electron chi connectivity index (χ2n) is 11.4. The van der Waals surface area contributed by atoms with Gasteiger partial charge in [0.25, 0.3) is 0 Å². The predicted molar refractivity (Wildman–Crippen MR) is 162 cm³/mol. The van der Waals surface area contributed by atoms with Crippen molar-refractivity contribution in [3.8, 4) is 5.75 Å². The number of hydrogen-bond acceptors (Lipinski definition) is 15. The predicted octanol–water partition coefficient (Wildman–Crippen LogP) is 1.64. The molecule has 2 heterocycles. The number of carbonyl (C=O) groups is 6. The number of hydrogen-bond donors (Lipinski definition) is 1. The van der Waals surface area contributed by atoms with Crippen molar-refractivity contribution in [2.24, 2.45) is 5.92 Å². The Balaban J connectivity index is 2.28. The van der Waals surface area contributed by atoms with Crippen LogP contribution in [-0.2, 0) is 57.2 Å². The Bertz CT molecular complexity index is 1610. The third-order valence-electron chi connectivity index (χ3n) is 7.16. The SMILES string of the molecule is COC(=O)[C@@]1(Oc2ccc3c(C)cc(=O)oc3c2)C[C@H](OC(C)=O)[C@@H](NC(=O)C(C)C)[C@H]([C@@H](OC(C)=O)[C@@H](COC(C)=O)OC(C)=O)O1. The molecule has 16 heteroatoms. The highest BCUT2D eigenvalue weighted by Crippen LogP contribution is 2.38. The minimum atomic E-state index is -2.49. The van der Waals surface area contributed by atoms with Crippen LogP contribution in [0.15, 0.2) is 33.5 Å². The fraction of sp³-hybridized carbons (Fsp3) is 0.531. The third-order valence-corrected chi connectivity index (χ3v) is 7.16. The number of methoxy groups -OCH3 is 1. The van der Waals surface area contributed by atoms with E-state index in [9.17, 15) is 33.6 Å². The van der Waals surface area contributed by atoms with Crippen molar-refractivity contribution < 1.29 is 66.3 Å². The summed E-state index contributed by atoms with van der Waals surface area (Å²) in [6.07, 6.45) is -6.99. The number of fused-ring (bicyclic) bond motifs is 1. The van der Waals surface area contributed by atoms with E-state index in [0.29, 0.717) is 10.9 Å². The first-order chi connectivity index (χ1) is 22.5. The van der Waals surface area contributed by atoms with Crippen molar-refractivity contribution in [3.05, 3.63) is 40.2 Å². The Kier molecular flexibility index (Phi) is 12.3. The molecule has 16 nitrogen and oxygen atoms in total. The maximum absolute atomic E-state index is 13.7. The minimum absolute atomic E-state index is 0.0628. The van der Waals surface area contributed by atoms with Crippen LogP contribution in [0.25, 0.3) is 11.0 Å². The van der Waals surface area contributed by atoms with Gasteiger partial charge in [-0.05, 0) is 24.6 Å². The summed E-state index contributed by atoms with van der Waals surface area (Å²) in [5, 5.41) is 3.27.